The molecule has 0 saturated carbocycles. The van der Waals surface area contributed by atoms with Gasteiger partial charge in [0.2, 0.25) is 11.8 Å². The van der Waals surface area contributed by atoms with Crippen molar-refractivity contribution in [1.29, 1.82) is 0 Å². The maximum absolute atomic E-state index is 11.7. The van der Waals surface area contributed by atoms with E-state index in [1.54, 1.807) is 4.90 Å². The highest BCUT2D eigenvalue weighted by Gasteiger charge is 2.22. The quantitative estimate of drug-likeness (QED) is 0.668. The summed E-state index contributed by atoms with van der Waals surface area (Å²) in [5, 5.41) is 2.83. The molecule has 19 heavy (non-hydrogen) atoms. The van der Waals surface area contributed by atoms with E-state index in [-0.39, 0.29) is 24.0 Å². The number of piperazine rings is 1. The molecule has 0 aromatic carbocycles. The zero-order valence-electron chi connectivity index (χ0n) is 11.8. The third-order valence-corrected chi connectivity index (χ3v) is 3.06. The molecule has 0 atom stereocenters. The van der Waals surface area contributed by atoms with Crippen LogP contribution in [0.4, 0.5) is 0 Å². The Bertz CT molecular complexity index is 336. The van der Waals surface area contributed by atoms with Crippen molar-refractivity contribution in [3.05, 3.63) is 0 Å². The molecule has 0 bridgehead atoms. The highest BCUT2D eigenvalue weighted by atomic mass is 16.2. The van der Waals surface area contributed by atoms with Crippen LogP contribution in [-0.2, 0) is 14.4 Å². The van der Waals surface area contributed by atoms with E-state index in [0.29, 0.717) is 39.3 Å². The van der Waals surface area contributed by atoms with Gasteiger partial charge in [-0.1, -0.05) is 6.92 Å². The Balaban J connectivity index is 2.27. The summed E-state index contributed by atoms with van der Waals surface area (Å²) in [6.45, 7) is 7.07. The predicted octanol–water partition coefficient (Wildman–Crippen LogP) is -0.364. The third-order valence-electron chi connectivity index (χ3n) is 3.06. The van der Waals surface area contributed by atoms with Crippen LogP contribution in [0.2, 0.25) is 0 Å². The van der Waals surface area contributed by atoms with E-state index in [2.05, 4.69) is 5.32 Å². The number of amides is 2. The minimum atomic E-state index is -0.109. The minimum Gasteiger partial charge on any atom is -0.355 e. The van der Waals surface area contributed by atoms with Gasteiger partial charge in [0, 0.05) is 32.7 Å². The van der Waals surface area contributed by atoms with Gasteiger partial charge in [-0.15, -0.1) is 0 Å². The van der Waals surface area contributed by atoms with Crippen LogP contribution in [0.5, 0.6) is 0 Å². The van der Waals surface area contributed by atoms with Gasteiger partial charge in [-0.2, -0.15) is 0 Å². The Labute approximate surface area is 114 Å². The van der Waals surface area contributed by atoms with Crippen LogP contribution in [0.1, 0.15) is 26.7 Å². The van der Waals surface area contributed by atoms with Crippen LogP contribution in [0, 0.1) is 0 Å². The van der Waals surface area contributed by atoms with Crippen LogP contribution in [0.3, 0.4) is 0 Å². The molecule has 0 aromatic heterocycles. The lowest BCUT2D eigenvalue weighted by Gasteiger charge is -2.34. The second-order valence-electron chi connectivity index (χ2n) is 4.89. The van der Waals surface area contributed by atoms with Gasteiger partial charge in [0.15, 0.2) is 0 Å². The molecule has 6 nitrogen and oxygen atoms in total. The first-order valence-corrected chi connectivity index (χ1v) is 6.79. The monoisotopic (exact) mass is 269 g/mol. The molecule has 1 aliphatic rings. The fourth-order valence-corrected chi connectivity index (χ4v) is 2.00. The third kappa shape index (κ3) is 5.83. The molecule has 1 rings (SSSR count). The van der Waals surface area contributed by atoms with Gasteiger partial charge in [-0.05, 0) is 13.3 Å². The Morgan fingerprint density at radius 1 is 1.11 bits per heavy atom. The average molecular weight is 269 g/mol. The molecule has 0 spiro atoms. The zero-order valence-corrected chi connectivity index (χ0v) is 11.8. The maximum atomic E-state index is 11.7. The van der Waals surface area contributed by atoms with Crippen molar-refractivity contribution in [2.24, 2.45) is 0 Å². The number of hydrogen-bond acceptors (Lipinski definition) is 4. The Kier molecular flexibility index (Phi) is 6.49. The van der Waals surface area contributed by atoms with Crippen molar-refractivity contribution in [2.45, 2.75) is 26.7 Å². The number of hydrogen-bond donors (Lipinski definition) is 1. The van der Waals surface area contributed by atoms with Gasteiger partial charge in [-0.25, -0.2) is 0 Å². The molecular weight excluding hydrogens is 246 g/mol. The smallest absolute Gasteiger partial charge is 0.234 e. The molecule has 1 aliphatic heterocycles. The lowest BCUT2D eigenvalue weighted by Crippen LogP contribution is -2.51. The van der Waals surface area contributed by atoms with E-state index >= 15 is 0 Å². The molecule has 6 heteroatoms. The molecule has 1 heterocycles. The summed E-state index contributed by atoms with van der Waals surface area (Å²) in [5.41, 5.74) is 0. The first kappa shape index (κ1) is 15.6. The van der Waals surface area contributed by atoms with Crippen molar-refractivity contribution in [2.75, 3.05) is 39.3 Å². The summed E-state index contributed by atoms with van der Waals surface area (Å²) in [6, 6.07) is 0. The SMILES string of the molecule is CCCNC(=O)CN1CCN(C(=O)CC(C)=O)CC1. The van der Waals surface area contributed by atoms with E-state index in [4.69, 9.17) is 0 Å². The Morgan fingerprint density at radius 2 is 1.74 bits per heavy atom. The standard InChI is InChI=1S/C13H23N3O3/c1-3-4-14-12(18)10-15-5-7-16(8-6-15)13(19)9-11(2)17/h3-10H2,1-2H3,(H,14,18). The summed E-state index contributed by atoms with van der Waals surface area (Å²) >= 11 is 0. The van der Waals surface area contributed by atoms with Gasteiger partial charge in [0.05, 0.1) is 13.0 Å². The van der Waals surface area contributed by atoms with Crippen molar-refractivity contribution < 1.29 is 14.4 Å². The number of nitrogens with zero attached hydrogens (tertiary/aromatic N) is 2. The number of ketones is 1. The van der Waals surface area contributed by atoms with Gasteiger partial charge < -0.3 is 10.2 Å². The van der Waals surface area contributed by atoms with Crippen molar-refractivity contribution in [3.8, 4) is 0 Å². The van der Waals surface area contributed by atoms with Crippen LogP contribution in [0.25, 0.3) is 0 Å². The topological polar surface area (TPSA) is 69.7 Å². The van der Waals surface area contributed by atoms with Gasteiger partial charge in [0.1, 0.15) is 5.78 Å². The average Bonchev–Trinajstić information content (AvgIpc) is 2.36. The lowest BCUT2D eigenvalue weighted by atomic mass is 10.2. The molecule has 0 radical (unpaired) electrons. The van der Waals surface area contributed by atoms with Crippen molar-refractivity contribution in [1.82, 2.24) is 15.1 Å². The van der Waals surface area contributed by atoms with E-state index in [9.17, 15) is 14.4 Å². The predicted molar refractivity (Wildman–Crippen MR) is 71.6 cm³/mol. The normalized spacial score (nSPS) is 16.2. The largest absolute Gasteiger partial charge is 0.355 e. The Hall–Kier alpha value is -1.43. The number of rotatable bonds is 6. The van der Waals surface area contributed by atoms with E-state index in [0.717, 1.165) is 6.42 Å². The number of carbonyl (C=O) groups excluding carboxylic acids is 3. The molecule has 2 amide bonds. The summed E-state index contributed by atoms with van der Waals surface area (Å²) in [5.74, 6) is -0.181. The number of carbonyl (C=O) groups is 3. The summed E-state index contributed by atoms with van der Waals surface area (Å²) in [4.78, 5) is 37.9. The van der Waals surface area contributed by atoms with Crippen molar-refractivity contribution >= 4 is 17.6 Å². The van der Waals surface area contributed by atoms with Crippen LogP contribution < -0.4 is 5.32 Å². The molecular formula is C13H23N3O3. The Morgan fingerprint density at radius 3 is 2.26 bits per heavy atom. The minimum absolute atomic E-state index is 0.0169. The first-order valence-electron chi connectivity index (χ1n) is 6.79. The van der Waals surface area contributed by atoms with Crippen molar-refractivity contribution in [3.63, 3.8) is 0 Å². The van der Waals surface area contributed by atoms with Crippen LogP contribution >= 0.6 is 0 Å². The number of nitrogens with one attached hydrogen (secondary N) is 1. The molecule has 0 unspecified atom stereocenters. The molecule has 0 aliphatic carbocycles. The highest BCUT2D eigenvalue weighted by Crippen LogP contribution is 2.03. The maximum Gasteiger partial charge on any atom is 0.234 e. The molecule has 0 aromatic rings. The summed E-state index contributed by atoms with van der Waals surface area (Å²) in [7, 11) is 0. The second kappa shape index (κ2) is 7.89. The fourth-order valence-electron chi connectivity index (χ4n) is 2.00. The molecule has 1 N–H and O–H groups in total. The second-order valence-corrected chi connectivity index (χ2v) is 4.89. The van der Waals surface area contributed by atoms with E-state index in [1.807, 2.05) is 11.8 Å². The zero-order chi connectivity index (χ0) is 14.3. The summed E-state index contributed by atoms with van der Waals surface area (Å²) < 4.78 is 0. The lowest BCUT2D eigenvalue weighted by molar-refractivity contribution is -0.136. The van der Waals surface area contributed by atoms with Gasteiger partial charge in [0.25, 0.3) is 0 Å². The highest BCUT2D eigenvalue weighted by molar-refractivity contribution is 5.96. The number of Topliss-reactive ketones (excluding diaryl/α,β-unsaturated/α-hetero) is 1. The van der Waals surface area contributed by atoms with E-state index < -0.39 is 0 Å². The van der Waals surface area contributed by atoms with Gasteiger partial charge >= 0.3 is 0 Å². The van der Waals surface area contributed by atoms with Crippen LogP contribution in [0.15, 0.2) is 0 Å². The van der Waals surface area contributed by atoms with E-state index in [1.165, 1.54) is 6.92 Å². The van der Waals surface area contributed by atoms with Gasteiger partial charge in [-0.3, -0.25) is 19.3 Å². The summed E-state index contributed by atoms with van der Waals surface area (Å²) in [6.07, 6.45) is 0.913. The molecule has 1 fully saturated rings. The fraction of sp³-hybridized carbons (Fsp3) is 0.769. The molecule has 1 saturated heterocycles. The van der Waals surface area contributed by atoms with Crippen LogP contribution in [-0.4, -0.2) is 66.7 Å². The first-order chi connectivity index (χ1) is 9.02. The molecule has 108 valence electrons.